The summed E-state index contributed by atoms with van der Waals surface area (Å²) in [6.45, 7) is 1.51. The van der Waals surface area contributed by atoms with Crippen molar-refractivity contribution in [3.63, 3.8) is 0 Å². The number of hydrogen-bond acceptors (Lipinski definition) is 3. The molecule has 1 aliphatic carbocycles. The van der Waals surface area contributed by atoms with Crippen LogP contribution in [0.15, 0.2) is 6.20 Å². The second kappa shape index (κ2) is 3.59. The van der Waals surface area contributed by atoms with Gasteiger partial charge in [-0.05, 0) is 12.8 Å². The fourth-order valence-electron chi connectivity index (χ4n) is 2.18. The molecule has 1 aliphatic heterocycles. The van der Waals surface area contributed by atoms with Crippen LogP contribution in [0.5, 0.6) is 0 Å². The smallest absolute Gasteiger partial charge is 0.230 e. The molecule has 2 heterocycles. The Labute approximate surface area is 94.2 Å². The van der Waals surface area contributed by atoms with E-state index in [2.05, 4.69) is 15.7 Å². The molecule has 1 aromatic heterocycles. The quantitative estimate of drug-likeness (QED) is 0.731. The van der Waals surface area contributed by atoms with Gasteiger partial charge in [0.25, 0.3) is 0 Å². The highest BCUT2D eigenvalue weighted by molar-refractivity contribution is 5.84. The van der Waals surface area contributed by atoms with Crippen molar-refractivity contribution in [3.05, 3.63) is 17.5 Å². The van der Waals surface area contributed by atoms with Gasteiger partial charge in [-0.15, -0.1) is 0 Å². The summed E-state index contributed by atoms with van der Waals surface area (Å²) in [5.41, 5.74) is 2.09. The SMILES string of the molecule is Cn1cc2c(n1)[C@H](C(=O)NC1CC1)CNC2. The number of nitrogens with zero attached hydrogens (tertiary/aromatic N) is 2. The summed E-state index contributed by atoms with van der Waals surface area (Å²) < 4.78 is 1.79. The van der Waals surface area contributed by atoms with Crippen LogP contribution in [-0.4, -0.2) is 28.3 Å². The molecule has 0 aromatic carbocycles. The average Bonchev–Trinajstić information content (AvgIpc) is 2.96. The molecule has 1 fully saturated rings. The van der Waals surface area contributed by atoms with Crippen molar-refractivity contribution in [2.24, 2.45) is 7.05 Å². The van der Waals surface area contributed by atoms with E-state index in [1.165, 1.54) is 0 Å². The summed E-state index contributed by atoms with van der Waals surface area (Å²) >= 11 is 0. The third-order valence-electron chi connectivity index (χ3n) is 3.17. The molecule has 86 valence electrons. The predicted octanol–water partition coefficient (Wildman–Crippen LogP) is -0.115. The van der Waals surface area contributed by atoms with Crippen molar-refractivity contribution in [1.29, 1.82) is 0 Å². The Morgan fingerprint density at radius 1 is 1.62 bits per heavy atom. The molecule has 2 aliphatic rings. The van der Waals surface area contributed by atoms with Crippen LogP contribution in [-0.2, 0) is 18.4 Å². The lowest BCUT2D eigenvalue weighted by Gasteiger charge is -2.21. The molecule has 1 atom stereocenters. The van der Waals surface area contributed by atoms with Crippen molar-refractivity contribution in [3.8, 4) is 0 Å². The van der Waals surface area contributed by atoms with E-state index in [1.807, 2.05) is 13.2 Å². The molecule has 5 nitrogen and oxygen atoms in total. The number of fused-ring (bicyclic) bond motifs is 1. The van der Waals surface area contributed by atoms with Crippen molar-refractivity contribution in [1.82, 2.24) is 20.4 Å². The summed E-state index contributed by atoms with van der Waals surface area (Å²) in [5, 5.41) is 10.7. The molecule has 16 heavy (non-hydrogen) atoms. The standard InChI is InChI=1S/C11H16N4O/c1-15-6-7-4-12-5-9(10(7)14-15)11(16)13-8-2-3-8/h6,8-9,12H,2-5H2,1H3,(H,13,16)/t9-/m1/s1. The molecule has 1 amide bonds. The van der Waals surface area contributed by atoms with Crippen LogP contribution in [0.4, 0.5) is 0 Å². The van der Waals surface area contributed by atoms with Crippen molar-refractivity contribution >= 4 is 5.91 Å². The molecule has 5 heteroatoms. The summed E-state index contributed by atoms with van der Waals surface area (Å²) in [7, 11) is 1.90. The van der Waals surface area contributed by atoms with E-state index in [9.17, 15) is 4.79 Å². The van der Waals surface area contributed by atoms with Gasteiger partial charge < -0.3 is 10.6 Å². The van der Waals surface area contributed by atoms with Crippen LogP contribution < -0.4 is 10.6 Å². The average molecular weight is 220 g/mol. The van der Waals surface area contributed by atoms with Gasteiger partial charge in [-0.2, -0.15) is 5.10 Å². The zero-order chi connectivity index (χ0) is 11.1. The van der Waals surface area contributed by atoms with Crippen molar-refractivity contribution in [2.75, 3.05) is 6.54 Å². The van der Waals surface area contributed by atoms with E-state index in [0.717, 1.165) is 30.6 Å². The Bertz CT molecular complexity index is 422. The number of aryl methyl sites for hydroxylation is 1. The highest BCUT2D eigenvalue weighted by Gasteiger charge is 2.32. The molecule has 0 spiro atoms. The largest absolute Gasteiger partial charge is 0.353 e. The van der Waals surface area contributed by atoms with Crippen LogP contribution in [0.2, 0.25) is 0 Å². The van der Waals surface area contributed by atoms with E-state index in [0.29, 0.717) is 12.6 Å². The maximum Gasteiger partial charge on any atom is 0.230 e. The fraction of sp³-hybridized carbons (Fsp3) is 0.636. The topological polar surface area (TPSA) is 59.0 Å². The number of hydrogen-bond donors (Lipinski definition) is 2. The summed E-state index contributed by atoms with van der Waals surface area (Å²) in [5.74, 6) is 0.000185. The molecule has 1 aromatic rings. The van der Waals surface area contributed by atoms with Gasteiger partial charge in [0.15, 0.2) is 0 Å². The first-order chi connectivity index (χ1) is 7.74. The van der Waals surface area contributed by atoms with Gasteiger partial charge in [0.05, 0.1) is 11.6 Å². The van der Waals surface area contributed by atoms with E-state index in [4.69, 9.17) is 0 Å². The van der Waals surface area contributed by atoms with Crippen LogP contribution in [0, 0.1) is 0 Å². The van der Waals surface area contributed by atoms with Gasteiger partial charge in [0.2, 0.25) is 5.91 Å². The van der Waals surface area contributed by atoms with E-state index in [1.54, 1.807) is 4.68 Å². The first-order valence-corrected chi connectivity index (χ1v) is 5.77. The van der Waals surface area contributed by atoms with Crippen molar-refractivity contribution < 1.29 is 4.79 Å². The molecule has 0 radical (unpaired) electrons. The van der Waals surface area contributed by atoms with E-state index >= 15 is 0 Å². The monoisotopic (exact) mass is 220 g/mol. The van der Waals surface area contributed by atoms with Crippen LogP contribution in [0.1, 0.15) is 30.0 Å². The second-order valence-corrected chi connectivity index (χ2v) is 4.68. The van der Waals surface area contributed by atoms with Gasteiger partial charge in [0, 0.05) is 37.9 Å². The molecule has 2 N–H and O–H groups in total. The lowest BCUT2D eigenvalue weighted by Crippen LogP contribution is -2.39. The maximum absolute atomic E-state index is 12.0. The predicted molar refractivity (Wildman–Crippen MR) is 58.8 cm³/mol. The number of carbonyl (C=O) groups excluding carboxylic acids is 1. The second-order valence-electron chi connectivity index (χ2n) is 4.68. The third kappa shape index (κ3) is 1.71. The third-order valence-corrected chi connectivity index (χ3v) is 3.17. The zero-order valence-corrected chi connectivity index (χ0v) is 9.36. The van der Waals surface area contributed by atoms with Gasteiger partial charge in [-0.25, -0.2) is 0 Å². The lowest BCUT2D eigenvalue weighted by molar-refractivity contribution is -0.122. The van der Waals surface area contributed by atoms with Crippen LogP contribution in [0.25, 0.3) is 0 Å². The summed E-state index contributed by atoms with van der Waals surface area (Å²) in [4.78, 5) is 12.0. The number of amides is 1. The number of rotatable bonds is 2. The van der Waals surface area contributed by atoms with E-state index in [-0.39, 0.29) is 11.8 Å². The number of aromatic nitrogens is 2. The van der Waals surface area contributed by atoms with Gasteiger partial charge in [0.1, 0.15) is 0 Å². The van der Waals surface area contributed by atoms with Crippen molar-refractivity contribution in [2.45, 2.75) is 31.3 Å². The zero-order valence-electron chi connectivity index (χ0n) is 9.36. The molecule has 0 unspecified atom stereocenters. The van der Waals surface area contributed by atoms with Gasteiger partial charge >= 0.3 is 0 Å². The first kappa shape index (κ1) is 9.84. The molecular formula is C11H16N4O. The summed E-state index contributed by atoms with van der Waals surface area (Å²) in [6, 6.07) is 0.418. The normalized spacial score (nSPS) is 23.9. The highest BCUT2D eigenvalue weighted by Crippen LogP contribution is 2.25. The Morgan fingerprint density at radius 2 is 2.44 bits per heavy atom. The minimum atomic E-state index is -0.120. The highest BCUT2D eigenvalue weighted by atomic mass is 16.2. The summed E-state index contributed by atoms with van der Waals surface area (Å²) in [6.07, 6.45) is 4.24. The van der Waals surface area contributed by atoms with E-state index < -0.39 is 0 Å². The van der Waals surface area contributed by atoms with Crippen LogP contribution in [0.3, 0.4) is 0 Å². The first-order valence-electron chi connectivity index (χ1n) is 5.77. The molecule has 0 bridgehead atoms. The molecule has 0 saturated heterocycles. The Balaban J connectivity index is 1.82. The number of nitrogens with one attached hydrogen (secondary N) is 2. The van der Waals surface area contributed by atoms with Gasteiger partial charge in [-0.3, -0.25) is 9.48 Å². The Hall–Kier alpha value is -1.36. The Morgan fingerprint density at radius 3 is 3.19 bits per heavy atom. The molecular weight excluding hydrogens is 204 g/mol. The lowest BCUT2D eigenvalue weighted by atomic mass is 9.97. The minimum absolute atomic E-state index is 0.120. The number of carbonyl (C=O) groups is 1. The molecule has 1 saturated carbocycles. The fourth-order valence-corrected chi connectivity index (χ4v) is 2.18. The maximum atomic E-state index is 12.0. The molecule has 3 rings (SSSR count). The minimum Gasteiger partial charge on any atom is -0.353 e. The van der Waals surface area contributed by atoms with Gasteiger partial charge in [-0.1, -0.05) is 0 Å². The van der Waals surface area contributed by atoms with Crippen LogP contribution >= 0.6 is 0 Å². The Kier molecular flexibility index (Phi) is 2.21.